The van der Waals surface area contributed by atoms with Crippen LogP contribution < -0.4 is 18.9 Å². The number of anilines is 1. The summed E-state index contributed by atoms with van der Waals surface area (Å²) in [6.07, 6.45) is -0.296. The van der Waals surface area contributed by atoms with E-state index in [0.717, 1.165) is 6.20 Å². The second-order valence-corrected chi connectivity index (χ2v) is 7.47. The minimum Gasteiger partial charge on any atom is -0.478 e. The van der Waals surface area contributed by atoms with Crippen molar-refractivity contribution in [3.8, 4) is 28.9 Å². The van der Waals surface area contributed by atoms with Crippen LogP contribution in [0.3, 0.4) is 0 Å². The van der Waals surface area contributed by atoms with E-state index in [4.69, 9.17) is 14.2 Å². The van der Waals surface area contributed by atoms with Crippen molar-refractivity contribution >= 4 is 16.0 Å². The maximum atomic E-state index is 13.9. The fourth-order valence-electron chi connectivity index (χ4n) is 2.43. The number of halogens is 3. The fraction of sp³-hybridized carbons (Fsp3) is 0.235. The van der Waals surface area contributed by atoms with Gasteiger partial charge in [-0.15, -0.1) is 0 Å². The minimum absolute atomic E-state index is 0.0657. The van der Waals surface area contributed by atoms with Crippen molar-refractivity contribution in [3.05, 3.63) is 36.4 Å². The van der Waals surface area contributed by atoms with Gasteiger partial charge in [0.15, 0.2) is 5.82 Å². The van der Waals surface area contributed by atoms with Gasteiger partial charge in [0, 0.05) is 12.4 Å². The van der Waals surface area contributed by atoms with Crippen molar-refractivity contribution < 1.29 is 35.8 Å². The number of alkyl halides is 2. The number of nitrogens with one attached hydrogen (secondary N) is 2. The molecule has 3 aromatic rings. The van der Waals surface area contributed by atoms with Crippen LogP contribution in [0.1, 0.15) is 0 Å². The van der Waals surface area contributed by atoms with Crippen molar-refractivity contribution in [1.82, 2.24) is 19.9 Å². The minimum atomic E-state index is -4.23. The number of sulfonamides is 1. The second-order valence-electron chi connectivity index (χ2n) is 5.79. The van der Waals surface area contributed by atoms with Crippen molar-refractivity contribution in [2.75, 3.05) is 25.5 Å². The van der Waals surface area contributed by atoms with Gasteiger partial charge in [0.2, 0.25) is 11.7 Å². The number of rotatable bonds is 9. The first-order chi connectivity index (χ1) is 14.7. The Balaban J connectivity index is 1.90. The van der Waals surface area contributed by atoms with Crippen LogP contribution >= 0.6 is 0 Å². The highest BCUT2D eigenvalue weighted by Gasteiger charge is 2.24. The van der Waals surface area contributed by atoms with Gasteiger partial charge in [-0.25, -0.2) is 26.3 Å². The lowest BCUT2D eigenvalue weighted by Crippen LogP contribution is -2.16. The van der Waals surface area contributed by atoms with Gasteiger partial charge in [-0.1, -0.05) is 0 Å². The van der Waals surface area contributed by atoms with Crippen LogP contribution in [0.2, 0.25) is 0 Å². The summed E-state index contributed by atoms with van der Waals surface area (Å²) in [4.78, 5) is 13.9. The van der Waals surface area contributed by atoms with E-state index in [1.165, 1.54) is 38.6 Å². The molecule has 31 heavy (non-hydrogen) atoms. The molecule has 10 nitrogen and oxygen atoms in total. The number of hydrogen-bond acceptors (Lipinski definition) is 8. The van der Waals surface area contributed by atoms with E-state index < -0.39 is 34.8 Å². The molecule has 0 saturated heterocycles. The first kappa shape index (κ1) is 22.1. The van der Waals surface area contributed by atoms with Crippen LogP contribution in [-0.4, -0.2) is 55.6 Å². The molecule has 14 heteroatoms. The average molecular weight is 459 g/mol. The van der Waals surface area contributed by atoms with E-state index in [2.05, 4.69) is 24.7 Å². The highest BCUT2D eigenvalue weighted by Crippen LogP contribution is 2.35. The molecule has 166 valence electrons. The summed E-state index contributed by atoms with van der Waals surface area (Å²) >= 11 is 0. The second kappa shape index (κ2) is 9.07. The predicted octanol–water partition coefficient (Wildman–Crippen LogP) is 2.47. The van der Waals surface area contributed by atoms with Gasteiger partial charge in [0.25, 0.3) is 28.2 Å². The Morgan fingerprint density at radius 1 is 1.19 bits per heavy atom. The largest absolute Gasteiger partial charge is 0.478 e. The lowest BCUT2D eigenvalue weighted by molar-refractivity contribution is 0.0781. The predicted molar refractivity (Wildman–Crippen MR) is 101 cm³/mol. The molecule has 0 amide bonds. The molecular formula is C17H16F3N5O5S. The molecule has 0 aromatic carbocycles. The van der Waals surface area contributed by atoms with Crippen LogP contribution in [0.25, 0.3) is 11.4 Å². The van der Waals surface area contributed by atoms with Gasteiger partial charge in [-0.3, -0.25) is 4.98 Å². The van der Waals surface area contributed by atoms with E-state index in [0.29, 0.717) is 0 Å². The third-order valence-electron chi connectivity index (χ3n) is 3.75. The Hall–Kier alpha value is -3.55. The summed E-state index contributed by atoms with van der Waals surface area (Å²) < 4.78 is 81.1. The number of aromatic amines is 1. The standard InChI is InChI=1S/C17H16F3N5O5S/c1-28-15-14(30-8-12(19)20)16(29-2)24-17(23-15)25-31(26,27)9-6-11(22-7-9)13-10(18)4-3-5-21-13/h3-7,12,22H,8H2,1-2H3,(H,23,24,25). The Morgan fingerprint density at radius 3 is 2.45 bits per heavy atom. The van der Waals surface area contributed by atoms with Gasteiger partial charge in [0.05, 0.1) is 19.9 Å². The summed E-state index contributed by atoms with van der Waals surface area (Å²) in [7, 11) is -1.88. The molecule has 0 unspecified atom stereocenters. The van der Waals surface area contributed by atoms with Crippen LogP contribution in [0, 0.1) is 5.82 Å². The molecule has 3 aromatic heterocycles. The number of nitrogens with zero attached hydrogens (tertiary/aromatic N) is 3. The van der Waals surface area contributed by atoms with Crippen molar-refractivity contribution in [3.63, 3.8) is 0 Å². The summed E-state index contributed by atoms with van der Waals surface area (Å²) in [5.74, 6) is -2.07. The van der Waals surface area contributed by atoms with Crippen molar-refractivity contribution in [1.29, 1.82) is 0 Å². The van der Waals surface area contributed by atoms with Crippen LogP contribution in [0.5, 0.6) is 17.5 Å². The van der Waals surface area contributed by atoms with Crippen LogP contribution in [-0.2, 0) is 10.0 Å². The molecule has 2 N–H and O–H groups in total. The molecule has 0 fully saturated rings. The Kier molecular flexibility index (Phi) is 6.48. The molecule has 0 aliphatic carbocycles. The molecule has 3 rings (SSSR count). The van der Waals surface area contributed by atoms with Crippen molar-refractivity contribution in [2.45, 2.75) is 11.3 Å². The number of aromatic nitrogens is 4. The fourth-order valence-corrected chi connectivity index (χ4v) is 3.37. The number of H-pyrrole nitrogens is 1. The molecule has 0 saturated carbocycles. The number of hydrogen-bond donors (Lipinski definition) is 2. The highest BCUT2D eigenvalue weighted by atomic mass is 32.2. The zero-order valence-corrected chi connectivity index (χ0v) is 16.9. The summed E-state index contributed by atoms with van der Waals surface area (Å²) in [5.41, 5.74) is 0.0642. The lowest BCUT2D eigenvalue weighted by Gasteiger charge is -2.14. The highest BCUT2D eigenvalue weighted by molar-refractivity contribution is 7.92. The quantitative estimate of drug-likeness (QED) is 0.500. The van der Waals surface area contributed by atoms with E-state index in [1.54, 1.807) is 0 Å². The summed E-state index contributed by atoms with van der Waals surface area (Å²) in [6.45, 7) is -0.975. The van der Waals surface area contributed by atoms with Gasteiger partial charge in [0.1, 0.15) is 17.2 Å². The maximum absolute atomic E-state index is 13.9. The van der Waals surface area contributed by atoms with Crippen LogP contribution in [0.4, 0.5) is 19.1 Å². The zero-order chi connectivity index (χ0) is 22.6. The molecule has 0 radical (unpaired) electrons. The molecule has 0 atom stereocenters. The first-order valence-electron chi connectivity index (χ1n) is 8.48. The monoisotopic (exact) mass is 459 g/mol. The maximum Gasteiger partial charge on any atom is 0.272 e. The zero-order valence-electron chi connectivity index (χ0n) is 16.1. The topological polar surface area (TPSA) is 128 Å². The number of ether oxygens (including phenoxy) is 3. The molecule has 0 aliphatic heterocycles. The molecular weight excluding hydrogens is 443 g/mol. The molecule has 0 aliphatic rings. The van der Waals surface area contributed by atoms with Crippen molar-refractivity contribution in [2.24, 2.45) is 0 Å². The smallest absolute Gasteiger partial charge is 0.272 e. The normalized spacial score (nSPS) is 11.4. The van der Waals surface area contributed by atoms with Gasteiger partial charge in [-0.2, -0.15) is 9.97 Å². The first-order valence-corrected chi connectivity index (χ1v) is 9.96. The molecule has 3 heterocycles. The van der Waals surface area contributed by atoms with Gasteiger partial charge in [-0.05, 0) is 18.2 Å². The molecule has 0 bridgehead atoms. The Bertz CT molecular complexity index is 1150. The van der Waals surface area contributed by atoms with Gasteiger partial charge >= 0.3 is 0 Å². The SMILES string of the molecule is COc1nc(NS(=O)(=O)c2c[nH]c(-c3ncccc3F)c2)nc(OC)c1OCC(F)F. The van der Waals surface area contributed by atoms with E-state index in [1.807, 2.05) is 0 Å². The van der Waals surface area contributed by atoms with Gasteiger partial charge < -0.3 is 19.2 Å². The van der Waals surface area contributed by atoms with E-state index >= 15 is 0 Å². The Labute approximate surface area is 174 Å². The third-order valence-corrected chi connectivity index (χ3v) is 5.06. The lowest BCUT2D eigenvalue weighted by atomic mass is 10.2. The number of methoxy groups -OCH3 is 2. The average Bonchev–Trinajstić information content (AvgIpc) is 3.23. The Morgan fingerprint density at radius 2 is 1.87 bits per heavy atom. The van der Waals surface area contributed by atoms with E-state index in [9.17, 15) is 21.6 Å². The molecule has 0 spiro atoms. The number of pyridine rings is 1. The van der Waals surface area contributed by atoms with E-state index in [-0.39, 0.29) is 33.8 Å². The van der Waals surface area contributed by atoms with Crippen LogP contribution in [0.15, 0.2) is 35.5 Å². The summed E-state index contributed by atoms with van der Waals surface area (Å²) in [6, 6.07) is 3.75. The summed E-state index contributed by atoms with van der Waals surface area (Å²) in [5, 5.41) is 0. The third kappa shape index (κ3) is 4.96.